The summed E-state index contributed by atoms with van der Waals surface area (Å²) in [6.07, 6.45) is 2.04. The molecule has 2 aliphatic heterocycles. The summed E-state index contributed by atoms with van der Waals surface area (Å²) in [5.41, 5.74) is 5.46. The van der Waals surface area contributed by atoms with Crippen LogP contribution in [0.25, 0.3) is 0 Å². The zero-order valence-corrected chi connectivity index (χ0v) is 20.0. The van der Waals surface area contributed by atoms with Gasteiger partial charge in [-0.2, -0.15) is 0 Å². The molecule has 3 fully saturated rings. The fraction of sp³-hybridized carbons (Fsp3) is 0.417. The molecule has 34 heavy (non-hydrogen) atoms. The smallest absolute Gasteiger partial charge is 0.255 e. The largest absolute Gasteiger partial charge is 0.381 e. The molecule has 10 heteroatoms. The zero-order valence-electron chi connectivity index (χ0n) is 18.4. The number of carbonyl (C=O) groups excluding carboxylic acids is 2. The van der Waals surface area contributed by atoms with Crippen molar-refractivity contribution in [2.24, 2.45) is 17.6 Å². The normalized spacial score (nSPS) is 27.1. The summed E-state index contributed by atoms with van der Waals surface area (Å²) < 4.78 is 44.7. The summed E-state index contributed by atoms with van der Waals surface area (Å²) in [7, 11) is -3.55. The van der Waals surface area contributed by atoms with Gasteiger partial charge in [0.2, 0.25) is 5.91 Å². The van der Waals surface area contributed by atoms with Gasteiger partial charge < -0.3 is 15.4 Å². The molecule has 2 aromatic rings. The third-order valence-electron chi connectivity index (χ3n) is 7.42. The van der Waals surface area contributed by atoms with Gasteiger partial charge in [0.1, 0.15) is 11.9 Å². The molecule has 2 heterocycles. The lowest BCUT2D eigenvalue weighted by molar-refractivity contribution is -0.123. The maximum absolute atomic E-state index is 15.2. The number of nitrogens with two attached hydrogens (primary N) is 1. The molecule has 2 aromatic carbocycles. The van der Waals surface area contributed by atoms with Crippen molar-refractivity contribution >= 4 is 33.3 Å². The summed E-state index contributed by atoms with van der Waals surface area (Å²) in [6, 6.07) is 9.36. The number of sulfone groups is 1. The number of hydrogen-bond acceptors (Lipinski definition) is 5. The van der Waals surface area contributed by atoms with E-state index in [4.69, 9.17) is 22.1 Å². The Bertz CT molecular complexity index is 1300. The Hall–Kier alpha value is -2.49. The predicted molar refractivity (Wildman–Crippen MR) is 123 cm³/mol. The Labute approximate surface area is 201 Å². The van der Waals surface area contributed by atoms with Crippen LogP contribution in [0.4, 0.5) is 4.39 Å². The Morgan fingerprint density at radius 2 is 1.97 bits per heavy atom. The fourth-order valence-corrected chi connectivity index (χ4v) is 6.64. The summed E-state index contributed by atoms with van der Waals surface area (Å²) in [5, 5.41) is 0.265. The molecule has 4 atom stereocenters. The molecule has 2 N–H and O–H groups in total. The van der Waals surface area contributed by atoms with E-state index in [0.717, 1.165) is 6.26 Å². The van der Waals surface area contributed by atoms with Crippen molar-refractivity contribution in [2.45, 2.75) is 35.2 Å². The van der Waals surface area contributed by atoms with Gasteiger partial charge in [0.25, 0.3) is 5.91 Å². The van der Waals surface area contributed by atoms with Crippen LogP contribution in [-0.2, 0) is 19.4 Å². The van der Waals surface area contributed by atoms with Crippen molar-refractivity contribution in [1.29, 1.82) is 0 Å². The van der Waals surface area contributed by atoms with Crippen molar-refractivity contribution in [2.75, 3.05) is 19.5 Å². The summed E-state index contributed by atoms with van der Waals surface area (Å²) in [6.45, 7) is 0.821. The second kappa shape index (κ2) is 8.03. The zero-order chi connectivity index (χ0) is 24.4. The molecule has 3 unspecified atom stereocenters. The first-order chi connectivity index (χ1) is 16.0. The SMILES string of the molecule is CS(=O)(=O)c1cccc(C(=O)N2C(C(N)=O)CC3CC32[C@@H](c2ccc(Cl)cc2F)C2COC2)c1. The van der Waals surface area contributed by atoms with Crippen LogP contribution in [0.1, 0.15) is 34.7 Å². The molecule has 5 rings (SSSR count). The number of nitrogens with zero attached hydrogens (tertiary/aromatic N) is 1. The van der Waals surface area contributed by atoms with Crippen LogP contribution in [0.5, 0.6) is 0 Å². The van der Waals surface area contributed by atoms with E-state index in [2.05, 4.69) is 0 Å². The van der Waals surface area contributed by atoms with Gasteiger partial charge in [0, 0.05) is 28.7 Å². The Balaban J connectivity index is 1.62. The van der Waals surface area contributed by atoms with Crippen molar-refractivity contribution in [3.05, 3.63) is 64.4 Å². The first-order valence-corrected chi connectivity index (χ1v) is 13.3. The molecule has 180 valence electrons. The van der Waals surface area contributed by atoms with Gasteiger partial charge in [-0.05, 0) is 54.7 Å². The van der Waals surface area contributed by atoms with Crippen molar-refractivity contribution in [3.63, 3.8) is 0 Å². The minimum Gasteiger partial charge on any atom is -0.381 e. The monoisotopic (exact) mass is 506 g/mol. The van der Waals surface area contributed by atoms with Gasteiger partial charge in [-0.3, -0.25) is 9.59 Å². The van der Waals surface area contributed by atoms with Crippen molar-refractivity contribution in [3.8, 4) is 0 Å². The highest BCUT2D eigenvalue weighted by molar-refractivity contribution is 7.90. The first kappa shape index (κ1) is 23.3. The van der Waals surface area contributed by atoms with Crippen molar-refractivity contribution < 1.29 is 27.1 Å². The molecule has 0 radical (unpaired) electrons. The second-order valence-corrected chi connectivity index (χ2v) is 11.9. The third kappa shape index (κ3) is 3.61. The molecule has 7 nitrogen and oxygen atoms in total. The highest BCUT2D eigenvalue weighted by atomic mass is 35.5. The fourth-order valence-electron chi connectivity index (χ4n) is 5.82. The van der Waals surface area contributed by atoms with Gasteiger partial charge in [-0.1, -0.05) is 23.7 Å². The van der Waals surface area contributed by atoms with Gasteiger partial charge in [0.15, 0.2) is 9.84 Å². The number of rotatable bonds is 6. The average Bonchev–Trinajstić information content (AvgIpc) is 3.34. The number of likely N-dealkylation sites (tertiary alicyclic amines) is 1. The number of fused-ring (bicyclic) bond motifs is 1. The number of amides is 2. The topological polar surface area (TPSA) is 107 Å². The molecule has 1 saturated carbocycles. The number of piperidine rings is 1. The second-order valence-electron chi connectivity index (χ2n) is 9.46. The van der Waals surface area contributed by atoms with Gasteiger partial charge in [-0.25, -0.2) is 12.8 Å². The Kier molecular flexibility index (Phi) is 5.50. The van der Waals surface area contributed by atoms with E-state index in [1.807, 2.05) is 0 Å². The van der Waals surface area contributed by atoms with Crippen LogP contribution in [0.3, 0.4) is 0 Å². The minimum atomic E-state index is -3.55. The average molecular weight is 507 g/mol. The van der Waals surface area contributed by atoms with Crippen LogP contribution in [0.15, 0.2) is 47.4 Å². The molecule has 0 spiro atoms. The Morgan fingerprint density at radius 1 is 1.24 bits per heavy atom. The van der Waals surface area contributed by atoms with Gasteiger partial charge >= 0.3 is 0 Å². The van der Waals surface area contributed by atoms with E-state index in [9.17, 15) is 18.0 Å². The number of carbonyl (C=O) groups is 2. The summed E-state index contributed by atoms with van der Waals surface area (Å²) >= 11 is 5.99. The van der Waals surface area contributed by atoms with E-state index < -0.39 is 45.0 Å². The quantitative estimate of drug-likeness (QED) is 0.648. The van der Waals surface area contributed by atoms with Crippen molar-refractivity contribution in [1.82, 2.24) is 4.90 Å². The van der Waals surface area contributed by atoms with Crippen LogP contribution >= 0.6 is 11.6 Å². The molecule has 0 bridgehead atoms. The molecule has 0 aromatic heterocycles. The lowest BCUT2D eigenvalue weighted by atomic mass is 9.76. The highest BCUT2D eigenvalue weighted by Crippen LogP contribution is 2.67. The Morgan fingerprint density at radius 3 is 2.56 bits per heavy atom. The van der Waals surface area contributed by atoms with E-state index >= 15 is 4.39 Å². The molecule has 1 aliphatic carbocycles. The summed E-state index contributed by atoms with van der Waals surface area (Å²) in [5.74, 6) is -2.11. The number of halogens is 2. The molecule has 2 amide bonds. The number of hydrogen-bond donors (Lipinski definition) is 1. The van der Waals surface area contributed by atoms with E-state index in [0.29, 0.717) is 31.6 Å². The van der Waals surface area contributed by atoms with Gasteiger partial charge in [0.05, 0.1) is 23.6 Å². The van der Waals surface area contributed by atoms with Crippen LogP contribution in [-0.4, -0.2) is 56.2 Å². The minimum absolute atomic E-state index is 0.00209. The number of benzene rings is 2. The molecular weight excluding hydrogens is 483 g/mol. The third-order valence-corrected chi connectivity index (χ3v) is 8.76. The maximum atomic E-state index is 15.2. The molecule has 2 saturated heterocycles. The predicted octanol–water partition coefficient (Wildman–Crippen LogP) is 2.77. The van der Waals surface area contributed by atoms with E-state index in [1.165, 1.54) is 35.2 Å². The first-order valence-electron chi connectivity index (χ1n) is 11.0. The van der Waals surface area contributed by atoms with E-state index in [1.54, 1.807) is 12.1 Å². The maximum Gasteiger partial charge on any atom is 0.255 e. The standard InChI is InChI=1S/C24H24ClFN2O5S/c1-34(31,32)17-4-2-3-13(7-17)23(30)28-20(22(27)29)8-15-10-24(15,28)21(14-11-33-12-14)18-6-5-16(25)9-19(18)26/h2-7,9,14-15,20-21H,8,10-12H2,1H3,(H2,27,29)/t15?,20?,21-,24?/m1/s1. The van der Waals surface area contributed by atoms with Gasteiger partial charge in [-0.15, -0.1) is 0 Å². The molecular formula is C24H24ClFN2O5S. The lowest BCUT2D eigenvalue weighted by Gasteiger charge is -2.44. The molecule has 3 aliphatic rings. The van der Waals surface area contributed by atoms with E-state index in [-0.39, 0.29) is 27.3 Å². The van der Waals surface area contributed by atoms with Crippen LogP contribution in [0, 0.1) is 17.7 Å². The number of ether oxygens (including phenoxy) is 1. The number of primary amides is 1. The van der Waals surface area contributed by atoms with Crippen LogP contribution in [0.2, 0.25) is 5.02 Å². The highest BCUT2D eigenvalue weighted by Gasteiger charge is 2.72. The lowest BCUT2D eigenvalue weighted by Crippen LogP contribution is -2.55. The summed E-state index contributed by atoms with van der Waals surface area (Å²) in [4.78, 5) is 27.8. The van der Waals surface area contributed by atoms with Crippen LogP contribution < -0.4 is 5.73 Å².